The number of aliphatic hydroxyl groups excluding tert-OH is 1. The highest BCUT2D eigenvalue weighted by atomic mass is 16.7. The summed E-state index contributed by atoms with van der Waals surface area (Å²) < 4.78 is 18.9. The van der Waals surface area contributed by atoms with Crippen molar-refractivity contribution in [2.24, 2.45) is 5.92 Å². The van der Waals surface area contributed by atoms with E-state index in [1.54, 1.807) is 7.11 Å². The average Bonchev–Trinajstić information content (AvgIpc) is 3.44. The third-order valence-corrected chi connectivity index (χ3v) is 8.43. The molecule has 7 heteroatoms. The summed E-state index contributed by atoms with van der Waals surface area (Å²) in [5.74, 6) is 0.0866. The SMILES string of the molecule is COCC1CCCN1CC1OC(c2ccc(-c3ccccc3CNC(C)=O)cc2)OC(c2ccc(CO)cc2)C1C. The van der Waals surface area contributed by atoms with Crippen LogP contribution in [0.2, 0.25) is 0 Å². The number of hydrogen-bond acceptors (Lipinski definition) is 6. The molecule has 218 valence electrons. The topological polar surface area (TPSA) is 80.3 Å². The molecule has 41 heavy (non-hydrogen) atoms. The van der Waals surface area contributed by atoms with Crippen molar-refractivity contribution in [3.63, 3.8) is 0 Å². The van der Waals surface area contributed by atoms with E-state index in [-0.39, 0.29) is 30.6 Å². The van der Waals surface area contributed by atoms with Gasteiger partial charge in [-0.15, -0.1) is 0 Å². The van der Waals surface area contributed by atoms with E-state index in [1.165, 1.54) is 13.3 Å². The summed E-state index contributed by atoms with van der Waals surface area (Å²) in [6, 6.07) is 25.0. The van der Waals surface area contributed by atoms with Crippen molar-refractivity contribution in [2.75, 3.05) is 26.8 Å². The molecule has 2 fully saturated rings. The molecular weight excluding hydrogens is 516 g/mol. The van der Waals surface area contributed by atoms with E-state index >= 15 is 0 Å². The molecule has 7 nitrogen and oxygen atoms in total. The molecule has 5 unspecified atom stereocenters. The van der Waals surface area contributed by atoms with E-state index in [0.717, 1.165) is 59.5 Å². The maximum atomic E-state index is 11.5. The number of amides is 1. The van der Waals surface area contributed by atoms with Gasteiger partial charge in [0.05, 0.1) is 25.4 Å². The van der Waals surface area contributed by atoms with Gasteiger partial charge >= 0.3 is 0 Å². The molecule has 0 saturated carbocycles. The number of aliphatic hydroxyl groups is 1. The zero-order valence-corrected chi connectivity index (χ0v) is 24.3. The first-order valence-corrected chi connectivity index (χ1v) is 14.6. The minimum absolute atomic E-state index is 0.0197. The van der Waals surface area contributed by atoms with Crippen LogP contribution in [0.1, 0.15) is 61.3 Å². The van der Waals surface area contributed by atoms with E-state index in [0.29, 0.717) is 12.6 Å². The van der Waals surface area contributed by atoms with Crippen LogP contribution < -0.4 is 5.32 Å². The average molecular weight is 559 g/mol. The van der Waals surface area contributed by atoms with Gasteiger partial charge < -0.3 is 24.6 Å². The van der Waals surface area contributed by atoms with E-state index in [9.17, 15) is 9.90 Å². The number of carbonyl (C=O) groups is 1. The van der Waals surface area contributed by atoms with Crippen LogP contribution in [-0.2, 0) is 32.2 Å². The number of rotatable bonds is 10. The molecule has 2 saturated heterocycles. The maximum absolute atomic E-state index is 11.5. The Kier molecular flexibility index (Phi) is 9.85. The van der Waals surface area contributed by atoms with Crippen molar-refractivity contribution < 1.29 is 24.1 Å². The predicted octanol–water partition coefficient (Wildman–Crippen LogP) is 5.38. The molecule has 3 aromatic carbocycles. The fourth-order valence-electron chi connectivity index (χ4n) is 6.07. The van der Waals surface area contributed by atoms with Crippen molar-refractivity contribution in [2.45, 2.75) is 64.4 Å². The van der Waals surface area contributed by atoms with Gasteiger partial charge in [0.25, 0.3) is 0 Å². The molecule has 2 aliphatic rings. The number of likely N-dealkylation sites (tertiary alicyclic amines) is 1. The zero-order valence-electron chi connectivity index (χ0n) is 24.3. The molecule has 0 spiro atoms. The van der Waals surface area contributed by atoms with Crippen LogP contribution in [0, 0.1) is 5.92 Å². The number of ether oxygens (including phenoxy) is 3. The summed E-state index contributed by atoms with van der Waals surface area (Å²) in [7, 11) is 1.77. The van der Waals surface area contributed by atoms with Gasteiger partial charge in [-0.25, -0.2) is 0 Å². The Balaban J connectivity index is 1.40. The first kappa shape index (κ1) is 29.4. The molecule has 2 aliphatic heterocycles. The summed E-state index contributed by atoms with van der Waals surface area (Å²) in [5, 5.41) is 12.4. The minimum Gasteiger partial charge on any atom is -0.392 e. The Morgan fingerprint density at radius 2 is 1.76 bits per heavy atom. The van der Waals surface area contributed by atoms with E-state index in [2.05, 4.69) is 59.6 Å². The van der Waals surface area contributed by atoms with Gasteiger partial charge in [-0.3, -0.25) is 9.69 Å². The van der Waals surface area contributed by atoms with E-state index < -0.39 is 6.29 Å². The number of hydrogen-bond donors (Lipinski definition) is 2. The largest absolute Gasteiger partial charge is 0.392 e. The Hall–Kier alpha value is -3.07. The Morgan fingerprint density at radius 3 is 2.46 bits per heavy atom. The summed E-state index contributed by atoms with van der Waals surface area (Å²) in [5.41, 5.74) is 6.17. The predicted molar refractivity (Wildman–Crippen MR) is 159 cm³/mol. The van der Waals surface area contributed by atoms with Crippen LogP contribution in [0.25, 0.3) is 11.1 Å². The Bertz CT molecular complexity index is 1280. The third kappa shape index (κ3) is 7.05. The quantitative estimate of drug-likeness (QED) is 0.348. The smallest absolute Gasteiger partial charge is 0.217 e. The van der Waals surface area contributed by atoms with Gasteiger partial charge in [-0.1, -0.05) is 79.7 Å². The van der Waals surface area contributed by atoms with Gasteiger partial charge in [-0.2, -0.15) is 0 Å². The van der Waals surface area contributed by atoms with Gasteiger partial charge in [0.15, 0.2) is 6.29 Å². The molecule has 2 N–H and O–H groups in total. The van der Waals surface area contributed by atoms with Crippen molar-refractivity contribution in [3.8, 4) is 11.1 Å². The second-order valence-electron chi connectivity index (χ2n) is 11.3. The second-order valence-corrected chi connectivity index (χ2v) is 11.3. The second kappa shape index (κ2) is 13.7. The number of benzene rings is 3. The molecule has 5 atom stereocenters. The molecule has 0 aromatic heterocycles. The van der Waals surface area contributed by atoms with Gasteiger partial charge in [0.2, 0.25) is 5.91 Å². The molecule has 3 aromatic rings. The zero-order chi connectivity index (χ0) is 28.8. The highest BCUT2D eigenvalue weighted by molar-refractivity contribution is 5.74. The molecule has 0 aliphatic carbocycles. The van der Waals surface area contributed by atoms with Gasteiger partial charge in [-0.05, 0) is 47.2 Å². The van der Waals surface area contributed by atoms with Crippen LogP contribution in [0.5, 0.6) is 0 Å². The lowest BCUT2D eigenvalue weighted by Gasteiger charge is -2.43. The molecule has 1 amide bonds. The van der Waals surface area contributed by atoms with Gasteiger partial charge in [0.1, 0.15) is 0 Å². The lowest BCUT2D eigenvalue weighted by molar-refractivity contribution is -0.276. The molecule has 2 heterocycles. The van der Waals surface area contributed by atoms with Crippen LogP contribution in [0.15, 0.2) is 72.8 Å². The first-order chi connectivity index (χ1) is 20.0. The summed E-state index contributed by atoms with van der Waals surface area (Å²) in [4.78, 5) is 14.0. The number of methoxy groups -OCH3 is 1. The molecule has 0 bridgehead atoms. The van der Waals surface area contributed by atoms with Crippen molar-refractivity contribution in [1.82, 2.24) is 10.2 Å². The first-order valence-electron chi connectivity index (χ1n) is 14.6. The van der Waals surface area contributed by atoms with Crippen LogP contribution >= 0.6 is 0 Å². The fraction of sp³-hybridized carbons (Fsp3) is 0.441. The maximum Gasteiger partial charge on any atom is 0.217 e. The van der Waals surface area contributed by atoms with Crippen LogP contribution in [0.3, 0.4) is 0 Å². The Morgan fingerprint density at radius 1 is 1.02 bits per heavy atom. The van der Waals surface area contributed by atoms with Crippen LogP contribution in [-0.4, -0.2) is 54.9 Å². The van der Waals surface area contributed by atoms with Crippen LogP contribution in [0.4, 0.5) is 0 Å². The summed E-state index contributed by atoms with van der Waals surface area (Å²) >= 11 is 0. The lowest BCUT2D eigenvalue weighted by Crippen LogP contribution is -2.46. The van der Waals surface area contributed by atoms with Crippen molar-refractivity contribution in [1.29, 1.82) is 0 Å². The number of nitrogens with zero attached hydrogens (tertiary/aromatic N) is 1. The Labute approximate surface area is 243 Å². The summed E-state index contributed by atoms with van der Waals surface area (Å²) in [6.07, 6.45) is 1.64. The summed E-state index contributed by atoms with van der Waals surface area (Å²) in [6.45, 7) is 6.86. The minimum atomic E-state index is -0.508. The molecular formula is C34H42N2O5. The standard InChI is InChI=1S/C34H42N2O5/c1-23-32(20-36-18-6-8-30(36)22-39-3)40-34(41-33(23)27-12-10-25(21-37)11-13-27)28-16-14-26(15-17-28)31-9-5-4-7-29(31)19-35-24(2)38/h4-5,7,9-17,23,30,32-34,37H,6,8,18-22H2,1-3H3,(H,35,38). The van der Waals surface area contributed by atoms with Crippen molar-refractivity contribution in [3.05, 3.63) is 95.1 Å². The number of nitrogens with one attached hydrogen (secondary N) is 1. The fourth-order valence-corrected chi connectivity index (χ4v) is 6.07. The monoisotopic (exact) mass is 558 g/mol. The van der Waals surface area contributed by atoms with Crippen molar-refractivity contribution >= 4 is 5.91 Å². The highest BCUT2D eigenvalue weighted by Gasteiger charge is 2.40. The van der Waals surface area contributed by atoms with E-state index in [1.807, 2.05) is 30.3 Å². The molecule has 0 radical (unpaired) electrons. The van der Waals surface area contributed by atoms with Gasteiger partial charge in [0, 0.05) is 44.6 Å². The highest BCUT2D eigenvalue weighted by Crippen LogP contribution is 2.42. The van der Waals surface area contributed by atoms with E-state index in [4.69, 9.17) is 14.2 Å². The number of carbonyl (C=O) groups excluding carboxylic acids is 1. The molecule has 5 rings (SSSR count). The normalized spacial score (nSPS) is 24.8. The third-order valence-electron chi connectivity index (χ3n) is 8.43. The lowest BCUT2D eigenvalue weighted by atomic mass is 9.89.